The molecule has 4 aromatic rings. The molecule has 0 unspecified atom stereocenters. The molecule has 0 radical (unpaired) electrons. The quantitative estimate of drug-likeness (QED) is 0.490. The number of benzene rings is 1. The van der Waals surface area contributed by atoms with E-state index in [0.29, 0.717) is 25.2 Å². The molecule has 0 spiro atoms. The van der Waals surface area contributed by atoms with Gasteiger partial charge in [0.2, 0.25) is 0 Å². The number of hydrogen-bond donors (Lipinski definition) is 1. The molecule has 5 heterocycles. The number of alkyl halides is 1. The Kier molecular flexibility index (Phi) is 5.28. The van der Waals surface area contributed by atoms with Gasteiger partial charge in [-0.3, -0.25) is 0 Å². The first-order chi connectivity index (χ1) is 16.5. The monoisotopic (exact) mass is 461 g/mol. The number of nitrogens with zero attached hydrogens (tertiary/aromatic N) is 6. The SMILES string of the molecule is Cc1ccc2nc(C)c(-c3cc4nc(N5CC[C@@H](F)C5)cc(NC5CCOCC5)n4n3)nc2c1. The summed E-state index contributed by atoms with van der Waals surface area (Å²) in [5.74, 6) is 1.62. The zero-order valence-corrected chi connectivity index (χ0v) is 19.5. The van der Waals surface area contributed by atoms with E-state index >= 15 is 0 Å². The number of nitrogens with one attached hydrogen (secondary N) is 1. The van der Waals surface area contributed by atoms with Crippen molar-refractivity contribution in [3.8, 4) is 11.4 Å². The molecular weight excluding hydrogens is 433 g/mol. The number of aromatic nitrogens is 5. The van der Waals surface area contributed by atoms with Crippen molar-refractivity contribution >= 4 is 28.3 Å². The predicted octanol–water partition coefficient (Wildman–Crippen LogP) is 4.10. The summed E-state index contributed by atoms with van der Waals surface area (Å²) in [7, 11) is 0. The first kappa shape index (κ1) is 21.2. The number of aryl methyl sites for hydroxylation is 2. The van der Waals surface area contributed by atoms with Crippen LogP contribution in [-0.4, -0.2) is 63.1 Å². The van der Waals surface area contributed by atoms with Crippen LogP contribution in [0.15, 0.2) is 30.3 Å². The molecule has 6 rings (SSSR count). The molecule has 1 N–H and O–H groups in total. The van der Waals surface area contributed by atoms with E-state index in [-0.39, 0.29) is 6.04 Å². The van der Waals surface area contributed by atoms with Crippen LogP contribution in [0.2, 0.25) is 0 Å². The van der Waals surface area contributed by atoms with Gasteiger partial charge in [0.05, 0.1) is 23.3 Å². The lowest BCUT2D eigenvalue weighted by Gasteiger charge is -2.25. The Morgan fingerprint density at radius 2 is 1.85 bits per heavy atom. The second-order valence-corrected chi connectivity index (χ2v) is 9.31. The lowest BCUT2D eigenvalue weighted by Crippen LogP contribution is -2.29. The summed E-state index contributed by atoms with van der Waals surface area (Å²) in [6.45, 7) is 6.52. The molecular formula is C25H28FN7O. The number of halogens is 1. The molecule has 34 heavy (non-hydrogen) atoms. The first-order valence-electron chi connectivity index (χ1n) is 11.9. The summed E-state index contributed by atoms with van der Waals surface area (Å²) < 4.78 is 21.3. The fourth-order valence-electron chi connectivity index (χ4n) is 4.81. The lowest BCUT2D eigenvalue weighted by atomic mass is 10.1. The van der Waals surface area contributed by atoms with Crippen LogP contribution >= 0.6 is 0 Å². The Labute approximate surface area is 197 Å². The number of hydrogen-bond acceptors (Lipinski definition) is 7. The summed E-state index contributed by atoms with van der Waals surface area (Å²) in [4.78, 5) is 16.5. The third kappa shape index (κ3) is 3.94. The van der Waals surface area contributed by atoms with Gasteiger partial charge in [-0.25, -0.2) is 19.3 Å². The lowest BCUT2D eigenvalue weighted by molar-refractivity contribution is 0.0903. The van der Waals surface area contributed by atoms with Gasteiger partial charge in [0.15, 0.2) is 5.65 Å². The van der Waals surface area contributed by atoms with Gasteiger partial charge in [-0.1, -0.05) is 6.07 Å². The Hall–Kier alpha value is -3.33. The van der Waals surface area contributed by atoms with Crippen molar-refractivity contribution in [1.82, 2.24) is 24.6 Å². The first-order valence-corrected chi connectivity index (χ1v) is 11.9. The highest BCUT2D eigenvalue weighted by Crippen LogP contribution is 2.29. The second kappa shape index (κ2) is 8.47. The van der Waals surface area contributed by atoms with Crippen LogP contribution in [0.1, 0.15) is 30.5 Å². The standard InChI is InChI=1S/C25H28FN7O/c1-15-3-4-19-20(11-15)29-25(16(2)27-19)21-12-23-30-22(32-8-5-17(26)14-32)13-24(33(23)31-21)28-18-6-9-34-10-7-18/h3-4,11-13,17-18,28H,5-10,14H2,1-2H3/t17-/m1/s1. The molecule has 0 amide bonds. The Bertz CT molecular complexity index is 1360. The van der Waals surface area contributed by atoms with Gasteiger partial charge in [0.1, 0.15) is 29.2 Å². The van der Waals surface area contributed by atoms with Gasteiger partial charge >= 0.3 is 0 Å². The summed E-state index contributed by atoms with van der Waals surface area (Å²) in [6.07, 6.45) is 1.58. The molecule has 1 aromatic carbocycles. The van der Waals surface area contributed by atoms with Gasteiger partial charge in [-0.15, -0.1) is 0 Å². The maximum atomic E-state index is 13.9. The Morgan fingerprint density at radius 1 is 1.00 bits per heavy atom. The second-order valence-electron chi connectivity index (χ2n) is 9.31. The average molecular weight is 462 g/mol. The molecule has 1 atom stereocenters. The van der Waals surface area contributed by atoms with Crippen LogP contribution < -0.4 is 10.2 Å². The van der Waals surface area contributed by atoms with E-state index in [2.05, 4.69) is 5.32 Å². The largest absolute Gasteiger partial charge is 0.381 e. The van der Waals surface area contributed by atoms with Gasteiger partial charge in [0.25, 0.3) is 0 Å². The molecule has 2 aliphatic heterocycles. The molecule has 8 nitrogen and oxygen atoms in total. The maximum Gasteiger partial charge on any atom is 0.160 e. The third-order valence-electron chi connectivity index (χ3n) is 6.68. The van der Waals surface area contributed by atoms with Crippen LogP contribution in [0, 0.1) is 13.8 Å². The topological polar surface area (TPSA) is 80.5 Å². The van der Waals surface area contributed by atoms with Gasteiger partial charge in [-0.05, 0) is 50.8 Å². The fraction of sp³-hybridized carbons (Fsp3) is 0.440. The molecule has 2 aliphatic rings. The minimum absolute atomic E-state index is 0.289. The normalized spacial score (nSPS) is 19.4. The average Bonchev–Trinajstić information content (AvgIpc) is 3.46. The predicted molar refractivity (Wildman–Crippen MR) is 130 cm³/mol. The van der Waals surface area contributed by atoms with Crippen molar-refractivity contribution in [1.29, 1.82) is 0 Å². The Balaban J connectivity index is 1.46. The van der Waals surface area contributed by atoms with Gasteiger partial charge < -0.3 is 15.0 Å². The molecule has 2 fully saturated rings. The van der Waals surface area contributed by atoms with Crippen LogP contribution in [-0.2, 0) is 4.74 Å². The van der Waals surface area contributed by atoms with Crippen molar-refractivity contribution in [2.45, 2.75) is 45.3 Å². The summed E-state index contributed by atoms with van der Waals surface area (Å²) in [5, 5.41) is 8.53. The molecule has 0 bridgehead atoms. The molecule has 9 heteroatoms. The van der Waals surface area contributed by atoms with Gasteiger partial charge in [0, 0.05) is 37.9 Å². The van der Waals surface area contributed by atoms with Crippen LogP contribution in [0.25, 0.3) is 28.1 Å². The zero-order chi connectivity index (χ0) is 23.2. The number of anilines is 2. The van der Waals surface area contributed by atoms with Crippen molar-refractivity contribution in [3.63, 3.8) is 0 Å². The number of rotatable bonds is 4. The van der Waals surface area contributed by atoms with E-state index in [1.54, 1.807) is 0 Å². The van der Waals surface area contributed by atoms with E-state index in [1.165, 1.54) is 0 Å². The van der Waals surface area contributed by atoms with E-state index in [0.717, 1.165) is 71.4 Å². The summed E-state index contributed by atoms with van der Waals surface area (Å²) in [5.41, 5.74) is 5.84. The van der Waals surface area contributed by atoms with Crippen molar-refractivity contribution in [2.75, 3.05) is 36.5 Å². The van der Waals surface area contributed by atoms with Crippen molar-refractivity contribution < 1.29 is 9.13 Å². The number of ether oxygens (including phenoxy) is 1. The summed E-state index contributed by atoms with van der Waals surface area (Å²) >= 11 is 0. The molecule has 176 valence electrons. The highest BCUT2D eigenvalue weighted by Gasteiger charge is 2.25. The van der Waals surface area contributed by atoms with E-state index < -0.39 is 6.17 Å². The molecule has 2 saturated heterocycles. The maximum absolute atomic E-state index is 13.9. The van der Waals surface area contributed by atoms with Crippen LogP contribution in [0.4, 0.5) is 16.0 Å². The van der Waals surface area contributed by atoms with Crippen molar-refractivity contribution in [2.24, 2.45) is 0 Å². The molecule has 0 saturated carbocycles. The minimum atomic E-state index is -0.815. The highest BCUT2D eigenvalue weighted by molar-refractivity contribution is 5.79. The Morgan fingerprint density at radius 3 is 2.65 bits per heavy atom. The van der Waals surface area contributed by atoms with Crippen LogP contribution in [0.3, 0.4) is 0 Å². The minimum Gasteiger partial charge on any atom is -0.381 e. The highest BCUT2D eigenvalue weighted by atomic mass is 19.1. The number of fused-ring (bicyclic) bond motifs is 2. The van der Waals surface area contributed by atoms with E-state index in [1.807, 2.05) is 53.6 Å². The van der Waals surface area contributed by atoms with Crippen LogP contribution in [0.5, 0.6) is 0 Å². The third-order valence-corrected chi connectivity index (χ3v) is 6.68. The molecule has 0 aliphatic carbocycles. The fourth-order valence-corrected chi connectivity index (χ4v) is 4.81. The molecule has 3 aromatic heterocycles. The van der Waals surface area contributed by atoms with E-state index in [9.17, 15) is 4.39 Å². The summed E-state index contributed by atoms with van der Waals surface area (Å²) in [6, 6.07) is 10.3. The smallest absolute Gasteiger partial charge is 0.160 e. The van der Waals surface area contributed by atoms with E-state index in [4.69, 9.17) is 24.8 Å². The zero-order valence-electron chi connectivity index (χ0n) is 19.5. The van der Waals surface area contributed by atoms with Crippen molar-refractivity contribution in [3.05, 3.63) is 41.6 Å². The van der Waals surface area contributed by atoms with Gasteiger partial charge in [-0.2, -0.15) is 9.61 Å².